The van der Waals surface area contributed by atoms with E-state index >= 15 is 0 Å². The summed E-state index contributed by atoms with van der Waals surface area (Å²) in [6.45, 7) is 2.05. The van der Waals surface area contributed by atoms with Gasteiger partial charge in [0.25, 0.3) is 0 Å². The van der Waals surface area contributed by atoms with Crippen LogP contribution in [0.15, 0.2) is 23.1 Å². The lowest BCUT2D eigenvalue weighted by molar-refractivity contribution is -0.131. The standard InChI is InChI=1S/C16H22N2O5S.ClH/c17-12-3-6-18(7-4-12)16(19)5-10-24(20,21)13-1-2-14-15(11-13)23-9-8-22-14;/h1-2,11-12H,3-10,17H2;1H. The van der Waals surface area contributed by atoms with Crippen LogP contribution in [0.2, 0.25) is 0 Å². The summed E-state index contributed by atoms with van der Waals surface area (Å²) in [7, 11) is -3.55. The first-order valence-electron chi connectivity index (χ1n) is 8.11. The van der Waals surface area contributed by atoms with E-state index < -0.39 is 9.84 Å². The number of halogens is 1. The van der Waals surface area contributed by atoms with Crippen molar-refractivity contribution in [3.05, 3.63) is 18.2 Å². The number of ether oxygens (including phenoxy) is 2. The Balaban J connectivity index is 0.00000225. The van der Waals surface area contributed by atoms with Crippen molar-refractivity contribution < 1.29 is 22.7 Å². The van der Waals surface area contributed by atoms with E-state index in [1.807, 2.05) is 0 Å². The summed E-state index contributed by atoms with van der Waals surface area (Å²) in [4.78, 5) is 14.0. The van der Waals surface area contributed by atoms with Gasteiger partial charge in [-0.25, -0.2) is 8.42 Å². The van der Waals surface area contributed by atoms with Crippen LogP contribution < -0.4 is 15.2 Å². The van der Waals surface area contributed by atoms with Crippen molar-refractivity contribution in [3.63, 3.8) is 0 Å². The quantitative estimate of drug-likeness (QED) is 0.823. The van der Waals surface area contributed by atoms with Crippen molar-refractivity contribution >= 4 is 28.2 Å². The molecule has 2 N–H and O–H groups in total. The van der Waals surface area contributed by atoms with E-state index in [1.54, 1.807) is 11.0 Å². The molecule has 0 unspecified atom stereocenters. The molecule has 9 heteroatoms. The number of carbonyl (C=O) groups excluding carboxylic acids is 1. The van der Waals surface area contributed by atoms with Gasteiger partial charge in [-0.2, -0.15) is 0 Å². The molecular weight excluding hydrogens is 368 g/mol. The fraction of sp³-hybridized carbons (Fsp3) is 0.562. The van der Waals surface area contributed by atoms with Gasteiger partial charge in [0.1, 0.15) is 13.2 Å². The van der Waals surface area contributed by atoms with Gasteiger partial charge in [0.15, 0.2) is 21.3 Å². The molecule has 0 spiro atoms. The Hall–Kier alpha value is -1.51. The van der Waals surface area contributed by atoms with Crippen molar-refractivity contribution in [1.82, 2.24) is 4.90 Å². The number of amides is 1. The largest absolute Gasteiger partial charge is 0.486 e. The highest BCUT2D eigenvalue weighted by Crippen LogP contribution is 2.32. The number of hydrogen-bond donors (Lipinski definition) is 1. The van der Waals surface area contributed by atoms with E-state index in [2.05, 4.69) is 0 Å². The maximum atomic E-state index is 12.5. The lowest BCUT2D eigenvalue weighted by Gasteiger charge is -2.30. The van der Waals surface area contributed by atoms with Crippen molar-refractivity contribution in [3.8, 4) is 11.5 Å². The van der Waals surface area contributed by atoms with Gasteiger partial charge >= 0.3 is 0 Å². The minimum Gasteiger partial charge on any atom is -0.486 e. The molecule has 0 atom stereocenters. The zero-order chi connectivity index (χ0) is 17.2. The highest BCUT2D eigenvalue weighted by molar-refractivity contribution is 7.91. The van der Waals surface area contributed by atoms with Crippen LogP contribution in [-0.4, -0.2) is 57.3 Å². The molecule has 2 heterocycles. The van der Waals surface area contributed by atoms with Crippen LogP contribution in [-0.2, 0) is 14.6 Å². The number of nitrogens with zero attached hydrogens (tertiary/aromatic N) is 1. The van der Waals surface area contributed by atoms with Gasteiger partial charge in [0, 0.05) is 31.6 Å². The van der Waals surface area contributed by atoms with Gasteiger partial charge in [0.05, 0.1) is 10.6 Å². The number of rotatable bonds is 4. The number of likely N-dealkylation sites (tertiary alicyclic amines) is 1. The average molecular weight is 391 g/mol. The highest BCUT2D eigenvalue weighted by Gasteiger charge is 2.24. The Morgan fingerprint density at radius 1 is 1.16 bits per heavy atom. The van der Waals surface area contributed by atoms with E-state index in [0.717, 1.165) is 12.8 Å². The fourth-order valence-corrected chi connectivity index (χ4v) is 4.10. The average Bonchev–Trinajstić information content (AvgIpc) is 2.60. The maximum absolute atomic E-state index is 12.5. The number of piperidine rings is 1. The van der Waals surface area contributed by atoms with Gasteiger partial charge in [-0.05, 0) is 25.0 Å². The van der Waals surface area contributed by atoms with E-state index in [0.29, 0.717) is 37.8 Å². The Kier molecular flexibility index (Phi) is 6.53. The minimum atomic E-state index is -3.55. The van der Waals surface area contributed by atoms with Crippen LogP contribution >= 0.6 is 12.4 Å². The van der Waals surface area contributed by atoms with Gasteiger partial charge < -0.3 is 20.1 Å². The normalized spacial score (nSPS) is 17.7. The van der Waals surface area contributed by atoms with Crippen molar-refractivity contribution in [1.29, 1.82) is 0 Å². The second-order valence-corrected chi connectivity index (χ2v) is 8.20. The zero-order valence-corrected chi connectivity index (χ0v) is 15.5. The summed E-state index contributed by atoms with van der Waals surface area (Å²) in [5.41, 5.74) is 5.82. The number of hydrogen-bond acceptors (Lipinski definition) is 6. The Bertz CT molecular complexity index is 717. The molecule has 0 radical (unpaired) electrons. The lowest BCUT2D eigenvalue weighted by atomic mass is 10.1. The predicted octanol–water partition coefficient (Wildman–Crippen LogP) is 0.993. The summed E-state index contributed by atoms with van der Waals surface area (Å²) in [6, 6.07) is 4.69. The maximum Gasteiger partial charge on any atom is 0.223 e. The fourth-order valence-electron chi connectivity index (χ4n) is 2.86. The van der Waals surface area contributed by atoms with Crippen molar-refractivity contribution in [2.45, 2.75) is 30.2 Å². The van der Waals surface area contributed by atoms with Crippen LogP contribution in [0.25, 0.3) is 0 Å². The van der Waals surface area contributed by atoms with E-state index in [9.17, 15) is 13.2 Å². The number of fused-ring (bicyclic) bond motifs is 1. The third-order valence-corrected chi connectivity index (χ3v) is 6.06. The summed E-state index contributed by atoms with van der Waals surface area (Å²) in [5, 5.41) is 0. The molecule has 140 valence electrons. The van der Waals surface area contributed by atoms with Crippen LogP contribution in [0.5, 0.6) is 11.5 Å². The number of benzene rings is 1. The molecular formula is C16H23ClN2O5S. The van der Waals surface area contributed by atoms with Gasteiger partial charge in [-0.15, -0.1) is 12.4 Å². The van der Waals surface area contributed by atoms with Crippen LogP contribution in [0.4, 0.5) is 0 Å². The number of nitrogens with two attached hydrogens (primary N) is 1. The van der Waals surface area contributed by atoms with Crippen LogP contribution in [0.3, 0.4) is 0 Å². The van der Waals surface area contributed by atoms with Gasteiger partial charge in [-0.1, -0.05) is 0 Å². The molecule has 2 aliphatic heterocycles. The topological polar surface area (TPSA) is 98.9 Å². The first-order chi connectivity index (χ1) is 11.5. The minimum absolute atomic E-state index is 0. The molecule has 0 saturated carbocycles. The van der Waals surface area contributed by atoms with E-state index in [4.69, 9.17) is 15.2 Å². The van der Waals surface area contributed by atoms with Gasteiger partial charge in [-0.3, -0.25) is 4.79 Å². The monoisotopic (exact) mass is 390 g/mol. The highest BCUT2D eigenvalue weighted by atomic mass is 35.5. The third-order valence-electron chi connectivity index (χ3n) is 4.35. The molecule has 1 aromatic rings. The SMILES string of the molecule is Cl.NC1CCN(C(=O)CCS(=O)(=O)c2ccc3c(c2)OCCO3)CC1. The molecule has 1 fully saturated rings. The Morgan fingerprint density at radius 3 is 2.48 bits per heavy atom. The predicted molar refractivity (Wildman–Crippen MR) is 95.1 cm³/mol. The number of carbonyl (C=O) groups is 1. The summed E-state index contributed by atoms with van der Waals surface area (Å²) >= 11 is 0. The van der Waals surface area contributed by atoms with Gasteiger partial charge in [0.2, 0.25) is 5.91 Å². The van der Waals surface area contributed by atoms with Crippen LogP contribution in [0.1, 0.15) is 19.3 Å². The molecule has 25 heavy (non-hydrogen) atoms. The summed E-state index contributed by atoms with van der Waals surface area (Å²) in [6.07, 6.45) is 1.51. The lowest BCUT2D eigenvalue weighted by Crippen LogP contribution is -2.43. The summed E-state index contributed by atoms with van der Waals surface area (Å²) in [5.74, 6) is 0.622. The molecule has 1 saturated heterocycles. The molecule has 3 rings (SSSR count). The first kappa shape index (κ1) is 19.8. The molecule has 0 aromatic heterocycles. The second kappa shape index (κ2) is 8.25. The molecule has 1 amide bonds. The molecule has 1 aromatic carbocycles. The first-order valence-corrected chi connectivity index (χ1v) is 9.77. The smallest absolute Gasteiger partial charge is 0.223 e. The number of sulfone groups is 1. The molecule has 2 aliphatic rings. The molecule has 0 aliphatic carbocycles. The van der Waals surface area contributed by atoms with E-state index in [-0.39, 0.29) is 41.4 Å². The van der Waals surface area contributed by atoms with E-state index in [1.165, 1.54) is 12.1 Å². The third kappa shape index (κ3) is 4.77. The van der Waals surface area contributed by atoms with Crippen molar-refractivity contribution in [2.75, 3.05) is 32.1 Å². The van der Waals surface area contributed by atoms with Crippen molar-refractivity contribution in [2.24, 2.45) is 5.73 Å². The Labute approximate surface area is 153 Å². The summed E-state index contributed by atoms with van der Waals surface area (Å²) < 4.78 is 35.7. The second-order valence-electron chi connectivity index (χ2n) is 6.09. The molecule has 0 bridgehead atoms. The van der Waals surface area contributed by atoms with Crippen LogP contribution in [0, 0.1) is 0 Å². The Morgan fingerprint density at radius 2 is 1.80 bits per heavy atom. The molecule has 7 nitrogen and oxygen atoms in total. The zero-order valence-electron chi connectivity index (χ0n) is 13.8.